The zero-order chi connectivity index (χ0) is 10.9. The Hall–Kier alpha value is -0.620. The lowest BCUT2D eigenvalue weighted by atomic mass is 10.1. The molecule has 0 aliphatic rings. The third kappa shape index (κ3) is 2.24. The van der Waals surface area contributed by atoms with Crippen molar-refractivity contribution in [2.45, 2.75) is 12.2 Å². The lowest BCUT2D eigenvalue weighted by Crippen LogP contribution is -2.28. The molecule has 1 aromatic rings. The maximum Gasteiger partial charge on any atom is 0.407 e. The summed E-state index contributed by atoms with van der Waals surface area (Å²) in [6.07, 6.45) is -4.57. The Morgan fingerprint density at radius 2 is 1.86 bits per heavy atom. The Morgan fingerprint density at radius 3 is 2.36 bits per heavy atom. The molecule has 0 heterocycles. The van der Waals surface area contributed by atoms with E-state index in [1.54, 1.807) is 0 Å². The maximum absolute atomic E-state index is 12.9. The molecule has 0 saturated heterocycles. The van der Waals surface area contributed by atoms with Crippen LogP contribution >= 0.6 is 15.9 Å². The van der Waals surface area contributed by atoms with Gasteiger partial charge < -0.3 is 5.73 Å². The molecule has 1 atom stereocenters. The molecular weight excluding hydrogens is 266 g/mol. The molecule has 0 spiro atoms. The Labute approximate surface area is 86.0 Å². The van der Waals surface area contributed by atoms with E-state index in [1.807, 2.05) is 0 Å². The molecule has 0 radical (unpaired) electrons. The summed E-state index contributed by atoms with van der Waals surface area (Å²) >= 11 is 2.72. The molecule has 0 fully saturated rings. The average molecular weight is 272 g/mol. The summed E-state index contributed by atoms with van der Waals surface area (Å²) in [6.45, 7) is 0. The van der Waals surface area contributed by atoms with E-state index < -0.39 is 18.0 Å². The zero-order valence-corrected chi connectivity index (χ0v) is 8.36. The number of halogens is 5. The van der Waals surface area contributed by atoms with Crippen molar-refractivity contribution >= 4 is 15.9 Å². The predicted molar refractivity (Wildman–Crippen MR) is 47.1 cm³/mol. The molecule has 0 bridgehead atoms. The first-order valence-electron chi connectivity index (χ1n) is 3.60. The van der Waals surface area contributed by atoms with Crippen LogP contribution in [0.4, 0.5) is 17.6 Å². The third-order valence-corrected chi connectivity index (χ3v) is 2.51. The molecule has 78 valence electrons. The third-order valence-electron chi connectivity index (χ3n) is 1.67. The fourth-order valence-electron chi connectivity index (χ4n) is 0.937. The van der Waals surface area contributed by atoms with Crippen molar-refractivity contribution < 1.29 is 17.6 Å². The highest BCUT2D eigenvalue weighted by atomic mass is 79.9. The first kappa shape index (κ1) is 11.5. The molecule has 1 aromatic carbocycles. The van der Waals surface area contributed by atoms with Gasteiger partial charge in [-0.05, 0) is 27.6 Å². The highest BCUT2D eigenvalue weighted by molar-refractivity contribution is 9.10. The van der Waals surface area contributed by atoms with E-state index in [2.05, 4.69) is 15.9 Å². The van der Waals surface area contributed by atoms with E-state index in [1.165, 1.54) is 6.07 Å². The van der Waals surface area contributed by atoms with Crippen LogP contribution in [0.5, 0.6) is 0 Å². The van der Waals surface area contributed by atoms with Crippen LogP contribution in [0.1, 0.15) is 11.6 Å². The number of benzene rings is 1. The van der Waals surface area contributed by atoms with E-state index in [0.717, 1.165) is 12.1 Å². The molecule has 0 saturated carbocycles. The Kier molecular flexibility index (Phi) is 3.16. The van der Waals surface area contributed by atoms with E-state index in [-0.39, 0.29) is 10.0 Å². The lowest BCUT2D eigenvalue weighted by molar-refractivity contribution is -0.149. The Morgan fingerprint density at radius 1 is 1.29 bits per heavy atom. The van der Waals surface area contributed by atoms with Crippen LogP contribution in [0.15, 0.2) is 22.7 Å². The SMILES string of the molecule is N[C@@H](c1cccc(F)c1Br)C(F)(F)F. The van der Waals surface area contributed by atoms with Gasteiger partial charge in [-0.3, -0.25) is 0 Å². The van der Waals surface area contributed by atoms with Gasteiger partial charge in [-0.25, -0.2) is 4.39 Å². The van der Waals surface area contributed by atoms with Gasteiger partial charge >= 0.3 is 6.18 Å². The summed E-state index contributed by atoms with van der Waals surface area (Å²) in [5.74, 6) is -0.762. The summed E-state index contributed by atoms with van der Waals surface area (Å²) in [4.78, 5) is 0. The molecule has 1 rings (SSSR count). The van der Waals surface area contributed by atoms with Crippen LogP contribution in [0.2, 0.25) is 0 Å². The topological polar surface area (TPSA) is 26.0 Å². The Balaban J connectivity index is 3.14. The molecule has 0 aromatic heterocycles. The summed E-state index contributed by atoms with van der Waals surface area (Å²) in [6, 6.07) is 1.19. The van der Waals surface area contributed by atoms with E-state index in [0.29, 0.717) is 0 Å². The van der Waals surface area contributed by atoms with Gasteiger partial charge in [0.05, 0.1) is 4.47 Å². The predicted octanol–water partition coefficient (Wildman–Crippen LogP) is 3.15. The van der Waals surface area contributed by atoms with Crippen molar-refractivity contribution in [3.8, 4) is 0 Å². The second-order valence-electron chi connectivity index (χ2n) is 2.66. The monoisotopic (exact) mass is 271 g/mol. The van der Waals surface area contributed by atoms with Gasteiger partial charge in [0.1, 0.15) is 11.9 Å². The quantitative estimate of drug-likeness (QED) is 0.781. The first-order valence-corrected chi connectivity index (χ1v) is 4.39. The van der Waals surface area contributed by atoms with Gasteiger partial charge in [0.25, 0.3) is 0 Å². The largest absolute Gasteiger partial charge is 0.407 e. The zero-order valence-electron chi connectivity index (χ0n) is 6.78. The van der Waals surface area contributed by atoms with Crippen molar-refractivity contribution in [3.63, 3.8) is 0 Å². The maximum atomic E-state index is 12.9. The van der Waals surface area contributed by atoms with Crippen LogP contribution in [0.3, 0.4) is 0 Å². The Bertz CT molecular complexity index is 337. The minimum Gasteiger partial charge on any atom is -0.316 e. The summed E-state index contributed by atoms with van der Waals surface area (Å²) in [5, 5.41) is 0. The van der Waals surface area contributed by atoms with Crippen molar-refractivity contribution in [2.75, 3.05) is 0 Å². The van der Waals surface area contributed by atoms with Gasteiger partial charge in [0.2, 0.25) is 0 Å². The normalized spacial score (nSPS) is 14.1. The summed E-state index contributed by atoms with van der Waals surface area (Å²) in [5.41, 5.74) is 4.61. The second kappa shape index (κ2) is 3.86. The number of rotatable bonds is 1. The van der Waals surface area contributed by atoms with Gasteiger partial charge in [0.15, 0.2) is 0 Å². The molecular formula is C8H6BrF4N. The molecule has 0 amide bonds. The molecule has 0 aliphatic heterocycles. The van der Waals surface area contributed by atoms with Crippen molar-refractivity contribution in [1.29, 1.82) is 0 Å². The number of nitrogens with two attached hydrogens (primary N) is 1. The second-order valence-corrected chi connectivity index (χ2v) is 3.46. The molecule has 2 N–H and O–H groups in total. The number of hydrogen-bond donors (Lipinski definition) is 1. The highest BCUT2D eigenvalue weighted by Crippen LogP contribution is 2.35. The van der Waals surface area contributed by atoms with Crippen LogP contribution in [-0.2, 0) is 0 Å². The summed E-state index contributed by atoms with van der Waals surface area (Å²) < 4.78 is 49.1. The fraction of sp³-hybridized carbons (Fsp3) is 0.250. The lowest BCUT2D eigenvalue weighted by Gasteiger charge is -2.17. The molecule has 14 heavy (non-hydrogen) atoms. The van der Waals surface area contributed by atoms with E-state index in [9.17, 15) is 17.6 Å². The average Bonchev–Trinajstić information content (AvgIpc) is 2.07. The fourth-order valence-corrected chi connectivity index (χ4v) is 1.45. The van der Waals surface area contributed by atoms with Gasteiger partial charge in [0, 0.05) is 0 Å². The highest BCUT2D eigenvalue weighted by Gasteiger charge is 2.39. The van der Waals surface area contributed by atoms with Crippen LogP contribution < -0.4 is 5.73 Å². The number of hydrogen-bond acceptors (Lipinski definition) is 1. The van der Waals surface area contributed by atoms with Gasteiger partial charge in [-0.1, -0.05) is 12.1 Å². The smallest absolute Gasteiger partial charge is 0.316 e. The van der Waals surface area contributed by atoms with Crippen LogP contribution in [0, 0.1) is 5.82 Å². The van der Waals surface area contributed by atoms with Gasteiger partial charge in [-0.15, -0.1) is 0 Å². The van der Waals surface area contributed by atoms with Crippen LogP contribution in [0.25, 0.3) is 0 Å². The molecule has 0 unspecified atom stereocenters. The number of alkyl halides is 3. The molecule has 0 aliphatic carbocycles. The van der Waals surface area contributed by atoms with Crippen molar-refractivity contribution in [3.05, 3.63) is 34.1 Å². The van der Waals surface area contributed by atoms with E-state index >= 15 is 0 Å². The van der Waals surface area contributed by atoms with Crippen molar-refractivity contribution in [2.24, 2.45) is 5.73 Å². The van der Waals surface area contributed by atoms with E-state index in [4.69, 9.17) is 5.73 Å². The van der Waals surface area contributed by atoms with Crippen LogP contribution in [-0.4, -0.2) is 6.18 Å². The summed E-state index contributed by atoms with van der Waals surface area (Å²) in [7, 11) is 0. The standard InChI is InChI=1S/C8H6BrF4N/c9-6-4(2-1-3-5(6)10)7(14)8(11,12)13/h1-3,7H,14H2/t7-/m0/s1. The van der Waals surface area contributed by atoms with Gasteiger partial charge in [-0.2, -0.15) is 13.2 Å². The molecule has 1 nitrogen and oxygen atoms in total. The minimum atomic E-state index is -4.57. The minimum absolute atomic E-state index is 0.246. The first-order chi connectivity index (χ1) is 6.34. The van der Waals surface area contributed by atoms with Crippen molar-refractivity contribution in [1.82, 2.24) is 0 Å². The molecule has 6 heteroatoms.